The highest BCUT2D eigenvalue weighted by atomic mass is 35.5. The van der Waals surface area contributed by atoms with Gasteiger partial charge in [0.05, 0.1) is 28.8 Å². The molecule has 0 fully saturated rings. The van der Waals surface area contributed by atoms with E-state index in [4.69, 9.17) is 22.7 Å². The number of hydrogen-bond donors (Lipinski definition) is 5. The quantitative estimate of drug-likeness (QED) is 0.102. The van der Waals surface area contributed by atoms with Crippen LogP contribution in [-0.2, 0) is 13.0 Å². The van der Waals surface area contributed by atoms with Crippen LogP contribution in [0.1, 0.15) is 44.2 Å². The topological polar surface area (TPSA) is 125 Å². The number of aromatic amines is 1. The Bertz CT molecular complexity index is 1600. The number of benzene rings is 2. The van der Waals surface area contributed by atoms with E-state index in [1.165, 1.54) is 16.7 Å². The molecule has 0 radical (unpaired) electrons. The highest BCUT2D eigenvalue weighted by molar-refractivity contribution is 6.31. The molecule has 8 nitrogen and oxygen atoms in total. The molecule has 0 amide bonds. The van der Waals surface area contributed by atoms with Crippen LogP contribution in [0.15, 0.2) is 53.5 Å². The Balaban J connectivity index is 1.52. The maximum Gasteiger partial charge on any atom is 0.354 e. The molecule has 2 aromatic heterocycles. The minimum absolute atomic E-state index is 0.0351. The number of nitrogens with zero attached hydrogens (tertiary/aromatic N) is 2. The lowest BCUT2D eigenvalue weighted by Gasteiger charge is -2.17. The third-order valence-electron chi connectivity index (χ3n) is 7.15. The van der Waals surface area contributed by atoms with Crippen LogP contribution >= 0.6 is 11.6 Å². The fraction of sp³-hybridized carbons (Fsp3) is 0.367. The molecule has 0 aliphatic rings. The fourth-order valence-corrected chi connectivity index (χ4v) is 4.90. The molecule has 0 bridgehead atoms. The summed E-state index contributed by atoms with van der Waals surface area (Å²) in [6.07, 6.45) is 2.95. The molecule has 6 N–H and O–H groups in total. The average molecular weight is 602 g/mol. The number of fused-ring (bicyclic) bond motifs is 1. The standard InChI is InChI=1S/C30H35ClF3N7O/c1-3-22(9-11-37-18(2)36)38-15-19-4-6-23(7-5-19)41-16-21-14-26(39-28(21)40-29(41)42)24-12-20(13-25(31)27(24)32)8-10-30(33,34)17-35/h4-7,12-14,16,22,38H,3,8-11,15,17,35H2,1-2H3,(H2,36,37)(H,39,40,42)/t22-/m0/s1. The summed E-state index contributed by atoms with van der Waals surface area (Å²) in [6, 6.07) is 12.3. The monoisotopic (exact) mass is 601 g/mol. The molecule has 0 saturated carbocycles. The number of H-pyrrole nitrogens is 1. The van der Waals surface area contributed by atoms with E-state index in [9.17, 15) is 13.6 Å². The Hall–Kier alpha value is -3.67. The van der Waals surface area contributed by atoms with Crippen molar-refractivity contribution in [1.82, 2.24) is 25.2 Å². The molecule has 4 rings (SSSR count). The van der Waals surface area contributed by atoms with Gasteiger partial charge in [-0.05, 0) is 67.6 Å². The van der Waals surface area contributed by atoms with E-state index in [1.807, 2.05) is 24.3 Å². The van der Waals surface area contributed by atoms with Crippen molar-refractivity contribution in [2.75, 3.05) is 13.1 Å². The van der Waals surface area contributed by atoms with E-state index in [1.54, 1.807) is 19.2 Å². The zero-order valence-electron chi connectivity index (χ0n) is 23.5. The Kier molecular flexibility index (Phi) is 10.1. The van der Waals surface area contributed by atoms with Gasteiger partial charge < -0.3 is 21.4 Å². The van der Waals surface area contributed by atoms with E-state index < -0.39 is 30.4 Å². The van der Waals surface area contributed by atoms with Gasteiger partial charge in [0.1, 0.15) is 5.65 Å². The third kappa shape index (κ3) is 7.78. The molecule has 0 aliphatic heterocycles. The highest BCUT2D eigenvalue weighted by Crippen LogP contribution is 2.32. The molecular formula is C30H35ClF3N7O. The summed E-state index contributed by atoms with van der Waals surface area (Å²) < 4.78 is 43.8. The lowest BCUT2D eigenvalue weighted by Crippen LogP contribution is -2.32. The van der Waals surface area contributed by atoms with Crippen molar-refractivity contribution in [3.8, 4) is 16.9 Å². The third-order valence-corrected chi connectivity index (χ3v) is 7.42. The van der Waals surface area contributed by atoms with Gasteiger partial charge in [0.15, 0.2) is 5.82 Å². The van der Waals surface area contributed by atoms with Crippen LogP contribution < -0.4 is 22.1 Å². The maximum absolute atomic E-state index is 15.0. The number of aryl methyl sites for hydroxylation is 1. The van der Waals surface area contributed by atoms with Gasteiger partial charge in [-0.25, -0.2) is 18.0 Å². The molecule has 2 heterocycles. The summed E-state index contributed by atoms with van der Waals surface area (Å²) in [5, 5.41) is 14.4. The zero-order valence-corrected chi connectivity index (χ0v) is 24.3. The van der Waals surface area contributed by atoms with Crippen molar-refractivity contribution in [3.05, 3.63) is 81.1 Å². The predicted molar refractivity (Wildman–Crippen MR) is 161 cm³/mol. The van der Waals surface area contributed by atoms with Gasteiger partial charge in [-0.2, -0.15) is 4.98 Å². The minimum Gasteiger partial charge on any atom is -0.374 e. The molecule has 224 valence electrons. The SMILES string of the molecule is CC[C@@H](CCNC(C)=N)NCc1ccc(-n2cc3cc(-c4cc(CCC(F)(F)CN)cc(Cl)c4F)[nH]c3nc2=O)cc1. The van der Waals surface area contributed by atoms with E-state index >= 15 is 4.39 Å². The fourth-order valence-electron chi connectivity index (χ4n) is 4.66. The van der Waals surface area contributed by atoms with Crippen molar-refractivity contribution in [2.45, 2.75) is 58.0 Å². The molecule has 12 heteroatoms. The first kappa shape index (κ1) is 31.3. The summed E-state index contributed by atoms with van der Waals surface area (Å²) in [5.41, 5.74) is 7.40. The maximum atomic E-state index is 15.0. The zero-order chi connectivity index (χ0) is 30.4. The number of nitrogens with one attached hydrogen (secondary N) is 4. The summed E-state index contributed by atoms with van der Waals surface area (Å²) in [4.78, 5) is 20.0. The molecule has 2 aromatic carbocycles. The van der Waals surface area contributed by atoms with E-state index in [-0.39, 0.29) is 22.7 Å². The summed E-state index contributed by atoms with van der Waals surface area (Å²) >= 11 is 6.09. The van der Waals surface area contributed by atoms with Gasteiger partial charge in [0, 0.05) is 42.7 Å². The second kappa shape index (κ2) is 13.5. The number of amidine groups is 1. The molecule has 42 heavy (non-hydrogen) atoms. The lowest BCUT2D eigenvalue weighted by molar-refractivity contribution is 0.00246. The highest BCUT2D eigenvalue weighted by Gasteiger charge is 2.26. The van der Waals surface area contributed by atoms with Crippen LogP contribution in [0.5, 0.6) is 0 Å². The molecule has 0 spiro atoms. The Morgan fingerprint density at radius 1 is 1.21 bits per heavy atom. The molecule has 0 saturated heterocycles. The van der Waals surface area contributed by atoms with Gasteiger partial charge in [-0.1, -0.05) is 30.7 Å². The second-order valence-corrected chi connectivity index (χ2v) is 10.8. The smallest absolute Gasteiger partial charge is 0.354 e. The number of aromatic nitrogens is 3. The number of rotatable bonds is 13. The Labute approximate surface area is 247 Å². The predicted octanol–water partition coefficient (Wildman–Crippen LogP) is 5.54. The first-order valence-corrected chi connectivity index (χ1v) is 14.2. The van der Waals surface area contributed by atoms with E-state index in [0.717, 1.165) is 24.9 Å². The molecule has 0 aliphatic carbocycles. The first-order chi connectivity index (χ1) is 20.0. The summed E-state index contributed by atoms with van der Waals surface area (Å²) in [5.74, 6) is -3.29. The second-order valence-electron chi connectivity index (χ2n) is 10.4. The first-order valence-electron chi connectivity index (χ1n) is 13.8. The van der Waals surface area contributed by atoms with Gasteiger partial charge in [-0.15, -0.1) is 0 Å². The van der Waals surface area contributed by atoms with Crippen molar-refractivity contribution < 1.29 is 13.2 Å². The molecule has 0 unspecified atom stereocenters. The van der Waals surface area contributed by atoms with Gasteiger partial charge >= 0.3 is 5.69 Å². The average Bonchev–Trinajstić information content (AvgIpc) is 3.37. The van der Waals surface area contributed by atoms with Crippen LogP contribution in [0.4, 0.5) is 13.2 Å². The van der Waals surface area contributed by atoms with Gasteiger partial charge in [0.2, 0.25) is 0 Å². The van der Waals surface area contributed by atoms with E-state index in [2.05, 4.69) is 27.5 Å². The van der Waals surface area contributed by atoms with Gasteiger partial charge in [-0.3, -0.25) is 9.98 Å². The molecular weight excluding hydrogens is 567 g/mol. The lowest BCUT2D eigenvalue weighted by atomic mass is 10.0. The molecule has 1 atom stereocenters. The van der Waals surface area contributed by atoms with Crippen LogP contribution in [0, 0.1) is 11.2 Å². The van der Waals surface area contributed by atoms with Crippen LogP contribution in [0.2, 0.25) is 5.02 Å². The summed E-state index contributed by atoms with van der Waals surface area (Å²) in [6.45, 7) is 4.45. The number of halogens is 4. The minimum atomic E-state index is -3.03. The van der Waals surface area contributed by atoms with Crippen molar-refractivity contribution in [1.29, 1.82) is 5.41 Å². The Morgan fingerprint density at radius 3 is 2.62 bits per heavy atom. The van der Waals surface area contributed by atoms with Crippen molar-refractivity contribution in [2.24, 2.45) is 5.73 Å². The van der Waals surface area contributed by atoms with Crippen molar-refractivity contribution in [3.63, 3.8) is 0 Å². The number of hydrogen-bond acceptors (Lipinski definition) is 5. The van der Waals surface area contributed by atoms with E-state index in [0.29, 0.717) is 40.8 Å². The van der Waals surface area contributed by atoms with Gasteiger partial charge in [0.25, 0.3) is 5.92 Å². The normalized spacial score (nSPS) is 12.5. The van der Waals surface area contributed by atoms with Crippen LogP contribution in [0.3, 0.4) is 0 Å². The molecule has 4 aromatic rings. The summed E-state index contributed by atoms with van der Waals surface area (Å²) in [7, 11) is 0. The van der Waals surface area contributed by atoms with Crippen LogP contribution in [-0.4, -0.2) is 45.4 Å². The number of nitrogens with two attached hydrogens (primary N) is 1. The Morgan fingerprint density at radius 2 is 1.95 bits per heavy atom. The largest absolute Gasteiger partial charge is 0.374 e. The van der Waals surface area contributed by atoms with Crippen LogP contribution in [0.25, 0.3) is 28.0 Å². The number of alkyl halides is 2. The van der Waals surface area contributed by atoms with Crippen molar-refractivity contribution >= 4 is 28.5 Å².